The summed E-state index contributed by atoms with van der Waals surface area (Å²) in [5.41, 5.74) is -2.97. The number of benzene rings is 2. The first kappa shape index (κ1) is 18.2. The Kier molecular flexibility index (Phi) is 4.37. The summed E-state index contributed by atoms with van der Waals surface area (Å²) in [7, 11) is 0. The first-order valence-corrected chi connectivity index (χ1v) is 6.58. The highest BCUT2D eigenvalue weighted by molar-refractivity contribution is 5.28. The number of rotatable bonds is 5. The number of halogens is 8. The minimum atomic E-state index is -6.33. The van der Waals surface area contributed by atoms with Crippen LogP contribution in [0, 0.1) is 0 Å². The van der Waals surface area contributed by atoms with Crippen molar-refractivity contribution < 1.29 is 35.1 Å². The molecule has 0 aliphatic rings. The summed E-state index contributed by atoms with van der Waals surface area (Å²) in [6, 6.07) is 7.87. The van der Waals surface area contributed by atoms with Gasteiger partial charge in [-0.3, -0.25) is 0 Å². The lowest BCUT2D eigenvalue weighted by atomic mass is 9.90. The first-order valence-electron chi connectivity index (χ1n) is 6.58. The maximum atomic E-state index is 13.9. The van der Waals surface area contributed by atoms with Crippen molar-refractivity contribution in [3.63, 3.8) is 0 Å². The van der Waals surface area contributed by atoms with E-state index in [9.17, 15) is 35.1 Å². The minimum absolute atomic E-state index is 0.463. The fraction of sp³-hybridized carbons (Fsp3) is 0.250. The van der Waals surface area contributed by atoms with Crippen LogP contribution in [0.5, 0.6) is 0 Å². The second-order valence-corrected chi connectivity index (χ2v) is 5.03. The lowest BCUT2D eigenvalue weighted by molar-refractivity contribution is -0.374. The molecule has 0 heterocycles. The summed E-state index contributed by atoms with van der Waals surface area (Å²) >= 11 is 0. The van der Waals surface area contributed by atoms with Crippen LogP contribution in [0.3, 0.4) is 0 Å². The number of hydrogen-bond acceptors (Lipinski definition) is 0. The molecule has 24 heavy (non-hydrogen) atoms. The van der Waals surface area contributed by atoms with E-state index in [1.165, 1.54) is 12.1 Å². The zero-order valence-corrected chi connectivity index (χ0v) is 11.8. The fourth-order valence-corrected chi connectivity index (χ4v) is 2.05. The molecule has 2 rings (SSSR count). The van der Waals surface area contributed by atoms with Gasteiger partial charge in [-0.2, -0.15) is 35.1 Å². The average molecular weight is 354 g/mol. The maximum absolute atomic E-state index is 13.9. The lowest BCUT2D eigenvalue weighted by Gasteiger charge is -2.37. The van der Waals surface area contributed by atoms with Crippen molar-refractivity contribution in [1.29, 1.82) is 0 Å². The highest BCUT2D eigenvalue weighted by Crippen LogP contribution is 2.58. The molecule has 0 saturated heterocycles. The third-order valence-corrected chi connectivity index (χ3v) is 3.46. The van der Waals surface area contributed by atoms with E-state index in [4.69, 9.17) is 0 Å². The summed E-state index contributed by atoms with van der Waals surface area (Å²) in [5, 5.41) is 0. The SMILES string of the molecule is FC(F)(c1ccccc1)C(F)(F)C(F)(F)C(F)(F)c1ccccc1. The highest BCUT2D eigenvalue weighted by atomic mass is 19.4. The van der Waals surface area contributed by atoms with Crippen LogP contribution in [0.25, 0.3) is 0 Å². The second kappa shape index (κ2) is 5.75. The van der Waals surface area contributed by atoms with Crippen LogP contribution in [0.1, 0.15) is 11.1 Å². The van der Waals surface area contributed by atoms with Gasteiger partial charge in [0.1, 0.15) is 0 Å². The van der Waals surface area contributed by atoms with Crippen molar-refractivity contribution in [3.05, 3.63) is 71.8 Å². The van der Waals surface area contributed by atoms with Crippen molar-refractivity contribution in [3.8, 4) is 0 Å². The van der Waals surface area contributed by atoms with E-state index < -0.39 is 34.8 Å². The van der Waals surface area contributed by atoms with Crippen LogP contribution in [0.4, 0.5) is 35.1 Å². The zero-order chi connectivity index (χ0) is 18.2. The van der Waals surface area contributed by atoms with E-state index in [0.29, 0.717) is 24.3 Å². The summed E-state index contributed by atoms with van der Waals surface area (Å²) < 4.78 is 111. The molecule has 0 amide bonds. The molecule has 0 spiro atoms. The van der Waals surface area contributed by atoms with E-state index >= 15 is 0 Å². The van der Waals surface area contributed by atoms with Crippen molar-refractivity contribution in [1.82, 2.24) is 0 Å². The molecule has 0 saturated carbocycles. The van der Waals surface area contributed by atoms with Crippen molar-refractivity contribution in [2.75, 3.05) is 0 Å². The van der Waals surface area contributed by atoms with Crippen LogP contribution in [0.2, 0.25) is 0 Å². The molecule has 0 radical (unpaired) electrons. The van der Waals surface area contributed by atoms with Crippen molar-refractivity contribution in [2.45, 2.75) is 23.7 Å². The van der Waals surface area contributed by atoms with Crippen LogP contribution in [0.15, 0.2) is 60.7 Å². The maximum Gasteiger partial charge on any atom is 0.382 e. The van der Waals surface area contributed by atoms with Gasteiger partial charge in [-0.25, -0.2) is 0 Å². The molecule has 2 aromatic rings. The Morgan fingerprint density at radius 2 is 0.667 bits per heavy atom. The van der Waals surface area contributed by atoms with Gasteiger partial charge in [-0.15, -0.1) is 0 Å². The average Bonchev–Trinajstić information content (AvgIpc) is 2.56. The molecule has 0 atom stereocenters. The van der Waals surface area contributed by atoms with Crippen molar-refractivity contribution >= 4 is 0 Å². The van der Waals surface area contributed by atoms with Gasteiger partial charge < -0.3 is 0 Å². The molecule has 0 unspecified atom stereocenters. The Labute approximate surface area is 131 Å². The summed E-state index contributed by atoms with van der Waals surface area (Å²) in [5.74, 6) is -23.7. The predicted octanol–water partition coefficient (Wildman–Crippen LogP) is 5.84. The molecule has 0 aromatic heterocycles. The molecule has 0 aliphatic carbocycles. The number of hydrogen-bond donors (Lipinski definition) is 0. The van der Waals surface area contributed by atoms with Crippen LogP contribution >= 0.6 is 0 Å². The number of alkyl halides is 8. The molecule has 0 nitrogen and oxygen atoms in total. The van der Waals surface area contributed by atoms with Gasteiger partial charge in [0.15, 0.2) is 0 Å². The molecule has 8 heteroatoms. The molecule has 0 N–H and O–H groups in total. The first-order chi connectivity index (χ1) is 11.0. The van der Waals surface area contributed by atoms with Crippen LogP contribution in [-0.4, -0.2) is 11.8 Å². The Morgan fingerprint density at radius 1 is 0.417 bits per heavy atom. The predicted molar refractivity (Wildman–Crippen MR) is 70.6 cm³/mol. The Morgan fingerprint density at radius 3 is 0.917 bits per heavy atom. The Hall–Kier alpha value is -2.12. The van der Waals surface area contributed by atoms with E-state index in [-0.39, 0.29) is 0 Å². The normalized spacial score (nSPS) is 13.8. The monoisotopic (exact) mass is 354 g/mol. The van der Waals surface area contributed by atoms with E-state index in [0.717, 1.165) is 24.3 Å². The molecule has 0 aliphatic heterocycles. The topological polar surface area (TPSA) is 0 Å². The van der Waals surface area contributed by atoms with Gasteiger partial charge in [-0.1, -0.05) is 60.7 Å². The quantitative estimate of drug-likeness (QED) is 0.592. The minimum Gasteiger partial charge on any atom is -0.194 e. The molecular weight excluding hydrogens is 344 g/mol. The van der Waals surface area contributed by atoms with Gasteiger partial charge >= 0.3 is 23.7 Å². The summed E-state index contributed by atoms with van der Waals surface area (Å²) in [4.78, 5) is 0. The molecule has 0 bridgehead atoms. The summed E-state index contributed by atoms with van der Waals surface area (Å²) in [6.45, 7) is 0. The van der Waals surface area contributed by atoms with Gasteiger partial charge in [0.05, 0.1) is 0 Å². The van der Waals surface area contributed by atoms with Gasteiger partial charge in [0.2, 0.25) is 0 Å². The molecule has 130 valence electrons. The fourth-order valence-electron chi connectivity index (χ4n) is 2.05. The highest BCUT2D eigenvalue weighted by Gasteiger charge is 2.81. The second-order valence-electron chi connectivity index (χ2n) is 5.03. The van der Waals surface area contributed by atoms with Gasteiger partial charge in [0.25, 0.3) is 0 Å². The molecule has 2 aromatic carbocycles. The molecular formula is C16H10F8. The van der Waals surface area contributed by atoms with E-state index in [1.807, 2.05) is 0 Å². The molecule has 0 fully saturated rings. The third kappa shape index (κ3) is 2.53. The third-order valence-electron chi connectivity index (χ3n) is 3.46. The smallest absolute Gasteiger partial charge is 0.194 e. The Bertz CT molecular complexity index is 618. The Balaban J connectivity index is 2.54. The standard InChI is InChI=1S/C16H10F8/c17-13(18,11-7-3-1-4-8-11)15(21,22)16(23,24)14(19,20)12-9-5-2-6-10-12/h1-10H. The van der Waals surface area contributed by atoms with Crippen LogP contribution < -0.4 is 0 Å². The van der Waals surface area contributed by atoms with E-state index in [2.05, 4.69) is 0 Å². The zero-order valence-electron chi connectivity index (χ0n) is 11.8. The van der Waals surface area contributed by atoms with E-state index in [1.54, 1.807) is 0 Å². The summed E-state index contributed by atoms with van der Waals surface area (Å²) in [6.07, 6.45) is 0. The lowest BCUT2D eigenvalue weighted by Crippen LogP contribution is -2.59. The van der Waals surface area contributed by atoms with Crippen molar-refractivity contribution in [2.24, 2.45) is 0 Å². The van der Waals surface area contributed by atoms with Gasteiger partial charge in [0, 0.05) is 11.1 Å². The van der Waals surface area contributed by atoms with Crippen LogP contribution in [-0.2, 0) is 11.8 Å². The van der Waals surface area contributed by atoms with Gasteiger partial charge in [-0.05, 0) is 0 Å². The largest absolute Gasteiger partial charge is 0.382 e.